The zero-order chi connectivity index (χ0) is 22.4. The predicted octanol–water partition coefficient (Wildman–Crippen LogP) is 2.24. The normalized spacial score (nSPS) is 13.5. The fraction of sp³-hybridized carbons (Fsp3) is 0.368. The molecule has 2 heterocycles. The van der Waals surface area contributed by atoms with Gasteiger partial charge in [0.25, 0.3) is 0 Å². The monoisotopic (exact) mass is 431 g/mol. The standard InChI is InChI=1S/C19H21N5O7/c1-3-30-19(26)23-10-8-22(9-11-23)16-15(24(27)28)17(21-12-20-16)31-14-6-4-13(5-7-14)18(25)29-2/h4-7,12H,3,8-11H2,1-2H3. The molecule has 0 unspecified atom stereocenters. The number of carbonyl (C=O) groups is 2. The van der Waals surface area contributed by atoms with Crippen molar-refractivity contribution in [3.05, 3.63) is 46.3 Å². The molecule has 1 fully saturated rings. The Hall–Kier alpha value is -3.96. The largest absolute Gasteiger partial charge is 0.465 e. The number of ether oxygens (including phenoxy) is 3. The second-order valence-corrected chi connectivity index (χ2v) is 6.40. The minimum atomic E-state index is -0.606. The number of carbonyl (C=O) groups excluding carboxylic acids is 2. The van der Waals surface area contributed by atoms with Gasteiger partial charge in [-0.15, -0.1) is 0 Å². The van der Waals surface area contributed by atoms with Crippen LogP contribution < -0.4 is 9.64 Å². The first-order chi connectivity index (χ1) is 14.9. The molecule has 31 heavy (non-hydrogen) atoms. The molecule has 0 spiro atoms. The van der Waals surface area contributed by atoms with Gasteiger partial charge in [-0.05, 0) is 31.2 Å². The van der Waals surface area contributed by atoms with Crippen molar-refractivity contribution < 1.29 is 28.7 Å². The van der Waals surface area contributed by atoms with Crippen LogP contribution in [0.5, 0.6) is 11.6 Å². The molecule has 12 heteroatoms. The molecule has 0 N–H and O–H groups in total. The predicted molar refractivity (Wildman–Crippen MR) is 107 cm³/mol. The Balaban J connectivity index is 1.80. The van der Waals surface area contributed by atoms with Crippen molar-refractivity contribution in [1.29, 1.82) is 0 Å². The Labute approximate surface area is 177 Å². The number of aromatic nitrogens is 2. The summed E-state index contributed by atoms with van der Waals surface area (Å²) in [5, 5.41) is 11.8. The molecule has 12 nitrogen and oxygen atoms in total. The Bertz CT molecular complexity index is 959. The lowest BCUT2D eigenvalue weighted by Gasteiger charge is -2.34. The van der Waals surface area contributed by atoms with Crippen LogP contribution in [0.1, 0.15) is 17.3 Å². The van der Waals surface area contributed by atoms with Gasteiger partial charge in [-0.2, -0.15) is 4.98 Å². The Morgan fingerprint density at radius 1 is 1.13 bits per heavy atom. The Morgan fingerprint density at radius 3 is 2.39 bits per heavy atom. The van der Waals surface area contributed by atoms with Crippen LogP contribution in [0, 0.1) is 10.1 Å². The molecule has 0 atom stereocenters. The van der Waals surface area contributed by atoms with E-state index in [2.05, 4.69) is 14.7 Å². The first kappa shape index (κ1) is 21.7. The van der Waals surface area contributed by atoms with Crippen molar-refractivity contribution >= 4 is 23.6 Å². The van der Waals surface area contributed by atoms with E-state index in [1.807, 2.05) is 0 Å². The van der Waals surface area contributed by atoms with Crippen LogP contribution in [-0.2, 0) is 9.47 Å². The summed E-state index contributed by atoms with van der Waals surface area (Å²) in [6.07, 6.45) is 0.761. The van der Waals surface area contributed by atoms with E-state index in [1.165, 1.54) is 42.6 Å². The second kappa shape index (κ2) is 9.69. The quantitative estimate of drug-likeness (QED) is 0.380. The fourth-order valence-electron chi connectivity index (χ4n) is 3.02. The number of methoxy groups -OCH3 is 1. The van der Waals surface area contributed by atoms with Gasteiger partial charge in [0.2, 0.25) is 5.82 Å². The van der Waals surface area contributed by atoms with Crippen LogP contribution in [0.2, 0.25) is 0 Å². The number of benzene rings is 1. The number of anilines is 1. The second-order valence-electron chi connectivity index (χ2n) is 6.40. The molecule has 1 aromatic heterocycles. The number of rotatable bonds is 6. The van der Waals surface area contributed by atoms with Crippen molar-refractivity contribution in [3.8, 4) is 11.6 Å². The molecule has 1 amide bonds. The summed E-state index contributed by atoms with van der Waals surface area (Å²) >= 11 is 0. The van der Waals surface area contributed by atoms with Gasteiger partial charge in [-0.1, -0.05) is 0 Å². The van der Waals surface area contributed by atoms with Crippen LogP contribution in [-0.4, -0.2) is 71.7 Å². The van der Waals surface area contributed by atoms with E-state index in [4.69, 9.17) is 9.47 Å². The molecular weight excluding hydrogens is 410 g/mol. The minimum Gasteiger partial charge on any atom is -0.465 e. The fourth-order valence-corrected chi connectivity index (χ4v) is 3.02. The van der Waals surface area contributed by atoms with Gasteiger partial charge in [0.15, 0.2) is 0 Å². The summed E-state index contributed by atoms with van der Waals surface area (Å²) in [5.41, 5.74) is -0.0728. The summed E-state index contributed by atoms with van der Waals surface area (Å²) in [6.45, 7) is 3.35. The molecule has 3 rings (SSSR count). The van der Waals surface area contributed by atoms with Gasteiger partial charge in [-0.25, -0.2) is 14.6 Å². The summed E-state index contributed by atoms with van der Waals surface area (Å²) in [7, 11) is 1.27. The average molecular weight is 431 g/mol. The number of nitro groups is 1. The van der Waals surface area contributed by atoms with Gasteiger partial charge in [0.1, 0.15) is 12.1 Å². The maximum absolute atomic E-state index is 11.9. The molecule has 2 aromatic rings. The number of piperazine rings is 1. The van der Waals surface area contributed by atoms with Crippen molar-refractivity contribution in [2.45, 2.75) is 6.92 Å². The van der Waals surface area contributed by atoms with Crippen LogP contribution >= 0.6 is 0 Å². The SMILES string of the molecule is CCOC(=O)N1CCN(c2ncnc(Oc3ccc(C(=O)OC)cc3)c2[N+](=O)[O-])CC1. The van der Waals surface area contributed by atoms with E-state index in [9.17, 15) is 19.7 Å². The van der Waals surface area contributed by atoms with Gasteiger partial charge in [0, 0.05) is 26.2 Å². The first-order valence-electron chi connectivity index (χ1n) is 9.46. The van der Waals surface area contributed by atoms with E-state index in [0.717, 1.165) is 0 Å². The highest BCUT2D eigenvalue weighted by Gasteiger charge is 2.31. The molecule has 1 saturated heterocycles. The topological polar surface area (TPSA) is 137 Å². The molecule has 0 bridgehead atoms. The third-order valence-corrected chi connectivity index (χ3v) is 4.55. The minimum absolute atomic E-state index is 0.102. The van der Waals surface area contributed by atoms with E-state index in [0.29, 0.717) is 31.7 Å². The highest BCUT2D eigenvalue weighted by Crippen LogP contribution is 2.36. The van der Waals surface area contributed by atoms with Gasteiger partial charge >= 0.3 is 23.6 Å². The van der Waals surface area contributed by atoms with Crippen molar-refractivity contribution in [3.63, 3.8) is 0 Å². The Morgan fingerprint density at radius 2 is 1.81 bits per heavy atom. The van der Waals surface area contributed by atoms with Gasteiger partial charge < -0.3 is 24.0 Å². The molecular formula is C19H21N5O7. The zero-order valence-corrected chi connectivity index (χ0v) is 17.0. The third-order valence-electron chi connectivity index (χ3n) is 4.55. The third kappa shape index (κ3) is 4.97. The molecule has 1 aliphatic heterocycles. The van der Waals surface area contributed by atoms with Crippen LogP contribution in [0.3, 0.4) is 0 Å². The first-order valence-corrected chi connectivity index (χ1v) is 9.46. The van der Waals surface area contributed by atoms with E-state index in [1.54, 1.807) is 11.8 Å². The van der Waals surface area contributed by atoms with Crippen molar-refractivity contribution in [2.24, 2.45) is 0 Å². The van der Waals surface area contributed by atoms with Crippen molar-refractivity contribution in [2.75, 3.05) is 44.8 Å². The lowest BCUT2D eigenvalue weighted by Crippen LogP contribution is -2.49. The smallest absolute Gasteiger partial charge is 0.409 e. The summed E-state index contributed by atoms with van der Waals surface area (Å²) in [6, 6.07) is 5.92. The summed E-state index contributed by atoms with van der Waals surface area (Å²) < 4.78 is 15.2. The lowest BCUT2D eigenvalue weighted by atomic mass is 10.2. The summed E-state index contributed by atoms with van der Waals surface area (Å²) in [5.74, 6) is -0.380. The maximum atomic E-state index is 11.9. The molecule has 1 aromatic carbocycles. The molecule has 1 aliphatic rings. The highest BCUT2D eigenvalue weighted by atomic mass is 16.6. The van der Waals surface area contributed by atoms with Crippen molar-refractivity contribution in [1.82, 2.24) is 14.9 Å². The molecule has 0 aliphatic carbocycles. The summed E-state index contributed by atoms with van der Waals surface area (Å²) in [4.78, 5) is 45.8. The Kier molecular flexibility index (Phi) is 6.80. The zero-order valence-electron chi connectivity index (χ0n) is 17.0. The number of esters is 1. The molecule has 0 radical (unpaired) electrons. The molecule has 0 saturated carbocycles. The number of hydrogen-bond donors (Lipinski definition) is 0. The van der Waals surface area contributed by atoms with Crippen LogP contribution in [0.25, 0.3) is 0 Å². The number of amides is 1. The molecule has 164 valence electrons. The number of nitrogens with zero attached hydrogens (tertiary/aromatic N) is 5. The van der Waals surface area contributed by atoms with E-state index in [-0.39, 0.29) is 29.7 Å². The van der Waals surface area contributed by atoms with E-state index >= 15 is 0 Å². The number of hydrogen-bond acceptors (Lipinski definition) is 10. The van der Waals surface area contributed by atoms with Gasteiger partial charge in [0.05, 0.1) is 24.2 Å². The van der Waals surface area contributed by atoms with Crippen LogP contribution in [0.4, 0.5) is 16.3 Å². The van der Waals surface area contributed by atoms with Crippen LogP contribution in [0.15, 0.2) is 30.6 Å². The van der Waals surface area contributed by atoms with Gasteiger partial charge in [-0.3, -0.25) is 10.1 Å². The lowest BCUT2D eigenvalue weighted by molar-refractivity contribution is -0.385. The van der Waals surface area contributed by atoms with E-state index < -0.39 is 17.0 Å². The maximum Gasteiger partial charge on any atom is 0.409 e. The highest BCUT2D eigenvalue weighted by molar-refractivity contribution is 5.89. The average Bonchev–Trinajstić information content (AvgIpc) is 2.79.